The van der Waals surface area contributed by atoms with Crippen LogP contribution in [0.25, 0.3) is 0 Å². The third-order valence-electron chi connectivity index (χ3n) is 2.25. The summed E-state index contributed by atoms with van der Waals surface area (Å²) in [5.41, 5.74) is 0.795. The number of ether oxygens (including phenoxy) is 2. The molecule has 0 unspecified atom stereocenters. The van der Waals surface area contributed by atoms with Gasteiger partial charge in [-0.25, -0.2) is 0 Å². The summed E-state index contributed by atoms with van der Waals surface area (Å²) >= 11 is 6.75. The van der Waals surface area contributed by atoms with Gasteiger partial charge in [0.1, 0.15) is 0 Å². The first kappa shape index (κ1) is 11.2. The van der Waals surface area contributed by atoms with E-state index >= 15 is 0 Å². The fourth-order valence-electron chi connectivity index (χ4n) is 1.41. The van der Waals surface area contributed by atoms with Crippen LogP contribution in [0.1, 0.15) is 18.6 Å². The Morgan fingerprint density at radius 2 is 1.93 bits per heavy atom. The summed E-state index contributed by atoms with van der Waals surface area (Å²) in [6.07, 6.45) is -0.575. The Morgan fingerprint density at radius 3 is 2.53 bits per heavy atom. The van der Waals surface area contributed by atoms with Gasteiger partial charge in [-0.3, -0.25) is 0 Å². The first-order valence-corrected chi connectivity index (χ1v) is 6.21. The van der Waals surface area contributed by atoms with E-state index in [-0.39, 0.29) is 11.6 Å². The monoisotopic (exact) mass is 336 g/mol. The van der Waals surface area contributed by atoms with Gasteiger partial charge < -0.3 is 14.6 Å². The highest BCUT2D eigenvalue weighted by Crippen LogP contribution is 2.40. The molecule has 0 saturated carbocycles. The minimum absolute atomic E-state index is 0.0193. The van der Waals surface area contributed by atoms with E-state index in [1.54, 1.807) is 6.07 Å². The van der Waals surface area contributed by atoms with Gasteiger partial charge in [-0.2, -0.15) is 0 Å². The number of hydrogen-bond donors (Lipinski definition) is 1. The molecular weight excluding hydrogens is 328 g/mol. The minimum Gasteiger partial charge on any atom is -0.454 e. The predicted molar refractivity (Wildman–Crippen MR) is 63.6 cm³/mol. The summed E-state index contributed by atoms with van der Waals surface area (Å²) in [4.78, 5) is -0.0193. The Labute approximate surface area is 105 Å². The quantitative estimate of drug-likeness (QED) is 0.843. The fraction of sp³-hybridized carbons (Fsp3) is 0.400. The van der Waals surface area contributed by atoms with Gasteiger partial charge in [0, 0.05) is 9.30 Å². The van der Waals surface area contributed by atoms with Gasteiger partial charge in [-0.05, 0) is 24.6 Å². The number of alkyl halides is 1. The zero-order valence-corrected chi connectivity index (χ0v) is 11.2. The Balaban J connectivity index is 2.40. The van der Waals surface area contributed by atoms with Gasteiger partial charge in [0.25, 0.3) is 0 Å². The second-order valence-electron chi connectivity index (χ2n) is 3.35. The number of hydrogen-bond acceptors (Lipinski definition) is 3. The van der Waals surface area contributed by atoms with Crippen molar-refractivity contribution in [3.63, 3.8) is 0 Å². The zero-order chi connectivity index (χ0) is 11.0. The van der Waals surface area contributed by atoms with Crippen LogP contribution in [0.3, 0.4) is 0 Å². The normalized spacial score (nSPS) is 17.6. The maximum absolute atomic E-state index is 9.94. The molecule has 0 bridgehead atoms. The third-order valence-corrected chi connectivity index (χ3v) is 3.43. The molecule has 0 spiro atoms. The molecule has 15 heavy (non-hydrogen) atoms. The van der Waals surface area contributed by atoms with E-state index in [0.29, 0.717) is 11.5 Å². The smallest absolute Gasteiger partial charge is 0.231 e. The Bertz CT molecular complexity index is 379. The van der Waals surface area contributed by atoms with Gasteiger partial charge >= 0.3 is 0 Å². The molecule has 0 radical (unpaired) electrons. The fourth-order valence-corrected chi connectivity index (χ4v) is 2.25. The minimum atomic E-state index is -0.575. The number of halogens is 2. The van der Waals surface area contributed by atoms with E-state index in [1.807, 2.05) is 13.0 Å². The summed E-state index contributed by atoms with van der Waals surface area (Å²) in [5.74, 6) is 1.39. The predicted octanol–water partition coefficient (Wildman–Crippen LogP) is 2.99. The van der Waals surface area contributed by atoms with Crippen LogP contribution in [-0.4, -0.2) is 16.7 Å². The van der Waals surface area contributed by atoms with E-state index < -0.39 is 6.10 Å². The highest BCUT2D eigenvalue weighted by Gasteiger charge is 2.22. The summed E-state index contributed by atoms with van der Waals surface area (Å²) in [7, 11) is 0. The van der Waals surface area contributed by atoms with Crippen LogP contribution in [0.15, 0.2) is 16.6 Å². The third kappa shape index (κ3) is 2.14. The summed E-state index contributed by atoms with van der Waals surface area (Å²) in [6.45, 7) is 2.13. The molecule has 2 atom stereocenters. The first-order chi connectivity index (χ1) is 7.09. The molecule has 1 aliphatic heterocycles. The molecule has 2 rings (SSSR count). The maximum Gasteiger partial charge on any atom is 0.231 e. The van der Waals surface area contributed by atoms with Crippen molar-refractivity contribution >= 4 is 31.9 Å². The topological polar surface area (TPSA) is 38.7 Å². The molecular formula is C10H10Br2O3. The molecule has 1 aliphatic rings. The maximum atomic E-state index is 9.94. The summed E-state index contributed by atoms with van der Waals surface area (Å²) in [6, 6.07) is 3.62. The molecule has 82 valence electrons. The van der Waals surface area contributed by atoms with Crippen molar-refractivity contribution < 1.29 is 14.6 Å². The van der Waals surface area contributed by atoms with Crippen molar-refractivity contribution in [3.8, 4) is 11.5 Å². The van der Waals surface area contributed by atoms with Crippen LogP contribution in [0, 0.1) is 0 Å². The lowest BCUT2D eigenvalue weighted by Gasteiger charge is -2.15. The van der Waals surface area contributed by atoms with Gasteiger partial charge in [0.2, 0.25) is 6.79 Å². The Morgan fingerprint density at radius 1 is 1.33 bits per heavy atom. The lowest BCUT2D eigenvalue weighted by atomic mass is 10.1. The van der Waals surface area contributed by atoms with Crippen LogP contribution in [-0.2, 0) is 0 Å². The molecule has 0 fully saturated rings. The van der Waals surface area contributed by atoms with Crippen molar-refractivity contribution in [2.24, 2.45) is 0 Å². The van der Waals surface area contributed by atoms with Crippen LogP contribution in [0.2, 0.25) is 0 Å². The summed E-state index contributed by atoms with van der Waals surface area (Å²) < 4.78 is 11.3. The Hall–Kier alpha value is -0.260. The van der Waals surface area contributed by atoms with Crippen LogP contribution in [0.4, 0.5) is 0 Å². The van der Waals surface area contributed by atoms with Crippen LogP contribution < -0.4 is 9.47 Å². The van der Waals surface area contributed by atoms with Crippen molar-refractivity contribution in [2.45, 2.75) is 17.9 Å². The molecule has 5 heteroatoms. The highest BCUT2D eigenvalue weighted by atomic mass is 79.9. The molecule has 0 aromatic heterocycles. The SMILES string of the molecule is C[C@H](Br)[C@@H](O)c1cc2c(cc1Br)OCO2. The first-order valence-electron chi connectivity index (χ1n) is 4.51. The van der Waals surface area contributed by atoms with Crippen LogP contribution >= 0.6 is 31.9 Å². The standard InChI is InChI=1S/C10H10Br2O3/c1-5(11)10(13)6-2-8-9(3-7(6)12)15-4-14-8/h2-3,5,10,13H,4H2,1H3/t5-,10+/m0/s1. The van der Waals surface area contributed by atoms with Crippen molar-refractivity contribution in [2.75, 3.05) is 6.79 Å². The van der Waals surface area contributed by atoms with E-state index in [0.717, 1.165) is 10.0 Å². The number of benzene rings is 1. The van der Waals surface area contributed by atoms with E-state index in [2.05, 4.69) is 31.9 Å². The van der Waals surface area contributed by atoms with Crippen molar-refractivity contribution in [1.29, 1.82) is 0 Å². The zero-order valence-electron chi connectivity index (χ0n) is 8.04. The molecule has 1 heterocycles. The summed E-state index contributed by atoms with van der Waals surface area (Å²) in [5, 5.41) is 9.94. The van der Waals surface area contributed by atoms with Crippen molar-refractivity contribution in [3.05, 3.63) is 22.2 Å². The number of rotatable bonds is 2. The number of fused-ring (bicyclic) bond motifs is 1. The number of aliphatic hydroxyl groups is 1. The van der Waals surface area contributed by atoms with E-state index in [9.17, 15) is 5.11 Å². The molecule has 1 N–H and O–H groups in total. The van der Waals surface area contributed by atoms with Gasteiger partial charge in [0.05, 0.1) is 6.10 Å². The molecule has 0 aliphatic carbocycles. The Kier molecular flexibility index (Phi) is 3.23. The second kappa shape index (κ2) is 4.31. The second-order valence-corrected chi connectivity index (χ2v) is 5.65. The van der Waals surface area contributed by atoms with Crippen molar-refractivity contribution in [1.82, 2.24) is 0 Å². The molecule has 1 aromatic rings. The average molecular weight is 338 g/mol. The average Bonchev–Trinajstić information content (AvgIpc) is 2.62. The molecule has 0 saturated heterocycles. The lowest BCUT2D eigenvalue weighted by Crippen LogP contribution is -2.08. The van der Waals surface area contributed by atoms with Gasteiger partial charge in [-0.15, -0.1) is 0 Å². The molecule has 1 aromatic carbocycles. The lowest BCUT2D eigenvalue weighted by molar-refractivity contribution is 0.172. The van der Waals surface area contributed by atoms with Crippen LogP contribution in [0.5, 0.6) is 11.5 Å². The molecule has 0 amide bonds. The van der Waals surface area contributed by atoms with E-state index in [1.165, 1.54) is 0 Å². The highest BCUT2D eigenvalue weighted by molar-refractivity contribution is 9.10. The van der Waals surface area contributed by atoms with E-state index in [4.69, 9.17) is 9.47 Å². The van der Waals surface area contributed by atoms with Gasteiger partial charge in [-0.1, -0.05) is 31.9 Å². The largest absolute Gasteiger partial charge is 0.454 e. The number of aliphatic hydroxyl groups excluding tert-OH is 1. The van der Waals surface area contributed by atoms with Gasteiger partial charge in [0.15, 0.2) is 11.5 Å². The molecule has 3 nitrogen and oxygen atoms in total.